The molecule has 0 unspecified atom stereocenters. The molecule has 1 aromatic rings. The van der Waals surface area contributed by atoms with Crippen LogP contribution < -0.4 is 10.6 Å². The molecule has 0 aromatic carbocycles. The first-order chi connectivity index (χ1) is 8.25. The number of thiophene rings is 1. The van der Waals surface area contributed by atoms with Crippen LogP contribution in [0.15, 0.2) is 12.1 Å². The van der Waals surface area contributed by atoms with Crippen molar-refractivity contribution in [3.8, 4) is 0 Å². The average Bonchev–Trinajstić information content (AvgIpc) is 2.76. The molecule has 6 heteroatoms. The van der Waals surface area contributed by atoms with Gasteiger partial charge < -0.3 is 10.6 Å². The van der Waals surface area contributed by atoms with Gasteiger partial charge in [-0.1, -0.05) is 11.6 Å². The summed E-state index contributed by atoms with van der Waals surface area (Å²) in [5.74, 6) is 0.400. The van der Waals surface area contributed by atoms with Crippen LogP contribution in [0, 0.1) is 5.92 Å². The molecule has 1 aromatic heterocycles. The molecule has 2 rings (SSSR count). The van der Waals surface area contributed by atoms with Gasteiger partial charge in [-0.3, -0.25) is 4.79 Å². The van der Waals surface area contributed by atoms with E-state index in [1.54, 1.807) is 11.3 Å². The standard InChI is InChI=1S/C12H17ClN2OS.ClH/c13-11-2-1-10(17-11)5-8-15-12(16)9-3-6-14-7-4-9;/h1-2,9,14H,3-8H2,(H,15,16);1H. The first-order valence-electron chi connectivity index (χ1n) is 5.98. The maximum atomic E-state index is 11.8. The Morgan fingerprint density at radius 3 is 2.78 bits per heavy atom. The van der Waals surface area contributed by atoms with Crippen LogP contribution >= 0.6 is 35.3 Å². The Morgan fingerprint density at radius 2 is 2.17 bits per heavy atom. The average molecular weight is 309 g/mol. The molecular formula is C12H18Cl2N2OS. The zero-order valence-electron chi connectivity index (χ0n) is 10.1. The molecule has 1 aliphatic rings. The highest BCUT2D eigenvalue weighted by Crippen LogP contribution is 2.21. The van der Waals surface area contributed by atoms with Crippen molar-refractivity contribution >= 4 is 41.3 Å². The highest BCUT2D eigenvalue weighted by atomic mass is 35.5. The van der Waals surface area contributed by atoms with Gasteiger partial charge >= 0.3 is 0 Å². The smallest absolute Gasteiger partial charge is 0.223 e. The monoisotopic (exact) mass is 308 g/mol. The van der Waals surface area contributed by atoms with E-state index in [0.717, 1.165) is 36.7 Å². The third kappa shape index (κ3) is 4.76. The minimum atomic E-state index is 0. The van der Waals surface area contributed by atoms with E-state index in [4.69, 9.17) is 11.6 Å². The summed E-state index contributed by atoms with van der Waals surface area (Å²) in [5, 5.41) is 6.27. The molecule has 3 nitrogen and oxygen atoms in total. The molecule has 0 atom stereocenters. The fourth-order valence-corrected chi connectivity index (χ4v) is 3.11. The van der Waals surface area contributed by atoms with Crippen LogP contribution in [0.2, 0.25) is 4.34 Å². The zero-order chi connectivity index (χ0) is 12.1. The molecule has 2 heterocycles. The maximum absolute atomic E-state index is 11.8. The minimum Gasteiger partial charge on any atom is -0.355 e. The van der Waals surface area contributed by atoms with Crippen molar-refractivity contribution in [2.45, 2.75) is 19.3 Å². The Bertz CT molecular complexity index is 378. The lowest BCUT2D eigenvalue weighted by Gasteiger charge is -2.21. The van der Waals surface area contributed by atoms with Gasteiger partial charge in [0.15, 0.2) is 0 Å². The van der Waals surface area contributed by atoms with Gasteiger partial charge in [-0.2, -0.15) is 0 Å². The van der Waals surface area contributed by atoms with E-state index < -0.39 is 0 Å². The molecule has 1 saturated heterocycles. The number of hydrogen-bond donors (Lipinski definition) is 2. The second kappa shape index (κ2) is 8.00. The van der Waals surface area contributed by atoms with Crippen LogP contribution in [0.3, 0.4) is 0 Å². The lowest BCUT2D eigenvalue weighted by Crippen LogP contribution is -2.38. The number of rotatable bonds is 4. The lowest BCUT2D eigenvalue weighted by molar-refractivity contribution is -0.125. The van der Waals surface area contributed by atoms with Gasteiger partial charge in [-0.25, -0.2) is 0 Å². The first kappa shape index (κ1) is 15.8. The van der Waals surface area contributed by atoms with Crippen molar-refractivity contribution in [2.75, 3.05) is 19.6 Å². The molecule has 0 radical (unpaired) electrons. The number of nitrogens with one attached hydrogen (secondary N) is 2. The van der Waals surface area contributed by atoms with Gasteiger partial charge in [0.1, 0.15) is 0 Å². The van der Waals surface area contributed by atoms with Crippen LogP contribution in [0.1, 0.15) is 17.7 Å². The number of carbonyl (C=O) groups excluding carboxylic acids is 1. The van der Waals surface area contributed by atoms with Crippen molar-refractivity contribution in [1.82, 2.24) is 10.6 Å². The van der Waals surface area contributed by atoms with Crippen LogP contribution in [0.25, 0.3) is 0 Å². The summed E-state index contributed by atoms with van der Waals surface area (Å²) in [7, 11) is 0. The second-order valence-electron chi connectivity index (χ2n) is 4.27. The summed E-state index contributed by atoms with van der Waals surface area (Å²) in [4.78, 5) is 13.1. The first-order valence-corrected chi connectivity index (χ1v) is 7.18. The lowest BCUT2D eigenvalue weighted by atomic mass is 9.97. The normalized spacial score (nSPS) is 16.1. The Morgan fingerprint density at radius 1 is 1.44 bits per heavy atom. The SMILES string of the molecule is Cl.O=C(NCCc1ccc(Cl)s1)C1CCNCC1. The molecule has 0 saturated carbocycles. The number of hydrogen-bond acceptors (Lipinski definition) is 3. The van der Waals surface area contributed by atoms with Crippen LogP contribution in [-0.4, -0.2) is 25.5 Å². The Balaban J connectivity index is 0.00000162. The molecule has 1 aliphatic heterocycles. The molecule has 0 spiro atoms. The van der Waals surface area contributed by atoms with E-state index in [1.165, 1.54) is 4.88 Å². The highest BCUT2D eigenvalue weighted by Gasteiger charge is 2.20. The van der Waals surface area contributed by atoms with Crippen molar-refractivity contribution in [2.24, 2.45) is 5.92 Å². The number of amides is 1. The predicted molar refractivity (Wildman–Crippen MR) is 78.9 cm³/mol. The molecule has 0 aliphatic carbocycles. The molecule has 0 bridgehead atoms. The Kier molecular flexibility index (Phi) is 7.00. The van der Waals surface area contributed by atoms with Gasteiger partial charge in [-0.05, 0) is 44.5 Å². The Hall–Kier alpha value is -0.290. The van der Waals surface area contributed by atoms with E-state index in [-0.39, 0.29) is 24.2 Å². The highest BCUT2D eigenvalue weighted by molar-refractivity contribution is 7.16. The molecule has 1 amide bonds. The zero-order valence-corrected chi connectivity index (χ0v) is 12.5. The van der Waals surface area contributed by atoms with Gasteiger partial charge in [0.05, 0.1) is 4.34 Å². The number of halogens is 2. The molecule has 2 N–H and O–H groups in total. The van der Waals surface area contributed by atoms with Crippen LogP contribution in [0.5, 0.6) is 0 Å². The minimum absolute atomic E-state index is 0. The quantitative estimate of drug-likeness (QED) is 0.897. The van der Waals surface area contributed by atoms with Gasteiger partial charge in [0.25, 0.3) is 0 Å². The summed E-state index contributed by atoms with van der Waals surface area (Å²) < 4.78 is 0.810. The summed E-state index contributed by atoms with van der Waals surface area (Å²) >= 11 is 7.43. The van der Waals surface area contributed by atoms with Crippen molar-refractivity contribution in [3.05, 3.63) is 21.3 Å². The van der Waals surface area contributed by atoms with E-state index in [9.17, 15) is 4.79 Å². The summed E-state index contributed by atoms with van der Waals surface area (Å²) in [6.07, 6.45) is 2.78. The second-order valence-corrected chi connectivity index (χ2v) is 6.07. The number of piperidine rings is 1. The fourth-order valence-electron chi connectivity index (χ4n) is 2.02. The van der Waals surface area contributed by atoms with E-state index in [2.05, 4.69) is 10.6 Å². The van der Waals surface area contributed by atoms with Gasteiger partial charge in [-0.15, -0.1) is 23.7 Å². The fraction of sp³-hybridized carbons (Fsp3) is 0.583. The van der Waals surface area contributed by atoms with Gasteiger partial charge in [0.2, 0.25) is 5.91 Å². The van der Waals surface area contributed by atoms with E-state index in [1.807, 2.05) is 12.1 Å². The number of carbonyl (C=O) groups is 1. The van der Waals surface area contributed by atoms with Crippen LogP contribution in [0.4, 0.5) is 0 Å². The largest absolute Gasteiger partial charge is 0.355 e. The molecule has 1 fully saturated rings. The topological polar surface area (TPSA) is 41.1 Å². The third-order valence-corrected chi connectivity index (χ3v) is 4.30. The molecule has 102 valence electrons. The third-order valence-electron chi connectivity index (χ3n) is 3.01. The van der Waals surface area contributed by atoms with Gasteiger partial charge in [0, 0.05) is 17.3 Å². The van der Waals surface area contributed by atoms with Crippen LogP contribution in [-0.2, 0) is 11.2 Å². The maximum Gasteiger partial charge on any atom is 0.223 e. The molecular weight excluding hydrogens is 291 g/mol. The van der Waals surface area contributed by atoms with Crippen molar-refractivity contribution < 1.29 is 4.79 Å². The summed E-state index contributed by atoms with van der Waals surface area (Å²) in [6, 6.07) is 3.92. The van der Waals surface area contributed by atoms with Crippen molar-refractivity contribution in [1.29, 1.82) is 0 Å². The van der Waals surface area contributed by atoms with Crippen molar-refractivity contribution in [3.63, 3.8) is 0 Å². The van der Waals surface area contributed by atoms with E-state index in [0.29, 0.717) is 6.54 Å². The molecule has 18 heavy (non-hydrogen) atoms. The summed E-state index contributed by atoms with van der Waals surface area (Å²) in [6.45, 7) is 2.62. The van der Waals surface area contributed by atoms with E-state index >= 15 is 0 Å². The Labute approximate surface area is 123 Å². The summed E-state index contributed by atoms with van der Waals surface area (Å²) in [5.41, 5.74) is 0. The predicted octanol–water partition coefficient (Wildman–Crippen LogP) is 2.48.